The number of piperazine rings is 1. The number of carbonyl (C=O) groups excluding carboxylic acids is 1. The number of nitrogens with one attached hydrogen (secondary N) is 1. The molecule has 176 valence electrons. The molecule has 1 amide bonds. The van der Waals surface area contributed by atoms with Crippen molar-refractivity contribution in [2.75, 3.05) is 64.8 Å². The number of aromatic nitrogens is 1. The summed E-state index contributed by atoms with van der Waals surface area (Å²) in [6.07, 6.45) is 1.06. The van der Waals surface area contributed by atoms with Gasteiger partial charge >= 0.3 is 0 Å². The van der Waals surface area contributed by atoms with Gasteiger partial charge in [-0.05, 0) is 37.4 Å². The molecule has 0 unspecified atom stereocenters. The molecule has 1 saturated heterocycles. The molecule has 2 aromatic rings. The van der Waals surface area contributed by atoms with Gasteiger partial charge in [-0.3, -0.25) is 14.6 Å². The summed E-state index contributed by atoms with van der Waals surface area (Å²) >= 11 is 0. The van der Waals surface area contributed by atoms with E-state index >= 15 is 0 Å². The van der Waals surface area contributed by atoms with E-state index in [2.05, 4.69) is 38.8 Å². The molecule has 1 aromatic carbocycles. The van der Waals surface area contributed by atoms with Crippen LogP contribution in [0.1, 0.15) is 30.2 Å². The zero-order valence-electron chi connectivity index (χ0n) is 19.3. The van der Waals surface area contributed by atoms with E-state index in [1.807, 2.05) is 0 Å². The lowest BCUT2D eigenvalue weighted by Crippen LogP contribution is -2.49. The van der Waals surface area contributed by atoms with E-state index in [0.717, 1.165) is 45.0 Å². The average Bonchev–Trinajstić information content (AvgIpc) is 3.28. The van der Waals surface area contributed by atoms with E-state index in [0.29, 0.717) is 31.2 Å². The van der Waals surface area contributed by atoms with Gasteiger partial charge in [-0.15, -0.1) is 0 Å². The topological polar surface area (TPSA) is 94.3 Å². The first-order valence-corrected chi connectivity index (χ1v) is 11.3. The quantitative estimate of drug-likeness (QED) is 0.540. The number of carbonyl (C=O) groups is 1. The molecule has 0 radical (unpaired) electrons. The molecule has 1 fully saturated rings. The molecule has 0 bridgehead atoms. The molecule has 2 heterocycles. The fraction of sp³-hybridized carbons (Fsp3) is 0.565. The molecule has 9 heteroatoms. The van der Waals surface area contributed by atoms with Crippen LogP contribution in [0.15, 0.2) is 34.9 Å². The van der Waals surface area contributed by atoms with Crippen LogP contribution in [0.4, 0.5) is 5.69 Å². The highest BCUT2D eigenvalue weighted by molar-refractivity contribution is 6.02. The number of benzene rings is 1. The van der Waals surface area contributed by atoms with Crippen LogP contribution in [-0.4, -0.2) is 96.3 Å². The number of hydrogen-bond donors (Lipinski definition) is 2. The predicted molar refractivity (Wildman–Crippen MR) is 123 cm³/mol. The number of β-amino-alcohol motifs (C(OH)–C–C–N with tert-alkyl or cyclic N) is 1. The van der Waals surface area contributed by atoms with Crippen LogP contribution < -0.4 is 10.1 Å². The number of likely N-dealkylation sites (N-methyl/N-ethyl adjacent to an activating group) is 1. The molecule has 9 nitrogen and oxygen atoms in total. The summed E-state index contributed by atoms with van der Waals surface area (Å²) in [7, 11) is 1.60. The van der Waals surface area contributed by atoms with E-state index in [1.54, 1.807) is 31.4 Å². The van der Waals surface area contributed by atoms with Crippen molar-refractivity contribution in [2.24, 2.45) is 0 Å². The minimum Gasteiger partial charge on any atom is -0.497 e. The Bertz CT molecular complexity index is 829. The third-order valence-corrected chi connectivity index (χ3v) is 5.79. The van der Waals surface area contributed by atoms with Crippen molar-refractivity contribution >= 4 is 11.6 Å². The standard InChI is InChI=1S/C23H35N5O4/c1-4-26(5-2)14-19(29)15-27-10-12-28(13-11-27)16-22-25-21(17-32-22)23(30)24-18-6-8-20(31-3)9-7-18/h6-9,17,19,29H,4-5,10-16H2,1-3H3,(H,24,30)/t19-/m1/s1. The first-order chi connectivity index (χ1) is 15.5. The lowest BCUT2D eigenvalue weighted by Gasteiger charge is -2.35. The van der Waals surface area contributed by atoms with Crippen molar-refractivity contribution in [2.45, 2.75) is 26.5 Å². The van der Waals surface area contributed by atoms with Gasteiger partial charge in [-0.1, -0.05) is 13.8 Å². The smallest absolute Gasteiger partial charge is 0.277 e. The summed E-state index contributed by atoms with van der Waals surface area (Å²) in [5.74, 6) is 0.947. The molecule has 0 aliphatic carbocycles. The SMILES string of the molecule is CCN(CC)C[C@@H](O)CN1CCN(Cc2nc(C(=O)Nc3ccc(OC)cc3)co2)CC1. The van der Waals surface area contributed by atoms with Gasteiger partial charge < -0.3 is 24.5 Å². The summed E-state index contributed by atoms with van der Waals surface area (Å²) in [4.78, 5) is 23.6. The molecule has 1 aliphatic rings. The number of rotatable bonds is 11. The van der Waals surface area contributed by atoms with Gasteiger partial charge in [-0.2, -0.15) is 0 Å². The highest BCUT2D eigenvalue weighted by atomic mass is 16.5. The normalized spacial score (nSPS) is 16.3. The molecule has 2 N–H and O–H groups in total. The Hall–Kier alpha value is -2.46. The van der Waals surface area contributed by atoms with Crippen LogP contribution >= 0.6 is 0 Å². The zero-order valence-corrected chi connectivity index (χ0v) is 19.3. The number of ether oxygens (including phenoxy) is 1. The Labute approximate surface area is 190 Å². The van der Waals surface area contributed by atoms with Gasteiger partial charge in [0.2, 0.25) is 5.89 Å². The number of oxazole rings is 1. The number of amides is 1. The molecule has 1 atom stereocenters. The van der Waals surface area contributed by atoms with Crippen molar-refractivity contribution in [1.29, 1.82) is 0 Å². The Kier molecular flexibility index (Phi) is 9.04. The number of anilines is 1. The number of aliphatic hydroxyl groups excluding tert-OH is 1. The Balaban J connectivity index is 1.42. The lowest BCUT2D eigenvalue weighted by atomic mass is 10.2. The van der Waals surface area contributed by atoms with Crippen LogP contribution in [0, 0.1) is 0 Å². The fourth-order valence-corrected chi connectivity index (χ4v) is 3.81. The second-order valence-corrected chi connectivity index (χ2v) is 8.03. The van der Waals surface area contributed by atoms with E-state index < -0.39 is 0 Å². The van der Waals surface area contributed by atoms with Gasteiger partial charge in [-0.25, -0.2) is 4.98 Å². The van der Waals surface area contributed by atoms with Crippen molar-refractivity contribution < 1.29 is 19.1 Å². The maximum Gasteiger partial charge on any atom is 0.277 e. The highest BCUT2D eigenvalue weighted by Crippen LogP contribution is 2.16. The first-order valence-electron chi connectivity index (χ1n) is 11.3. The van der Waals surface area contributed by atoms with Crippen molar-refractivity contribution in [3.05, 3.63) is 42.1 Å². The Morgan fingerprint density at radius 1 is 1.19 bits per heavy atom. The van der Waals surface area contributed by atoms with E-state index in [1.165, 1.54) is 6.26 Å². The lowest BCUT2D eigenvalue weighted by molar-refractivity contribution is 0.0491. The largest absolute Gasteiger partial charge is 0.497 e. The van der Waals surface area contributed by atoms with Crippen LogP contribution in [-0.2, 0) is 6.54 Å². The molecule has 3 rings (SSSR count). The maximum absolute atomic E-state index is 12.4. The van der Waals surface area contributed by atoms with Gasteiger partial charge in [0.05, 0.1) is 19.8 Å². The molecule has 1 aliphatic heterocycles. The van der Waals surface area contributed by atoms with Crippen molar-refractivity contribution in [3.63, 3.8) is 0 Å². The summed E-state index contributed by atoms with van der Waals surface area (Å²) in [5.41, 5.74) is 0.925. The molecule has 1 aromatic heterocycles. The van der Waals surface area contributed by atoms with Gasteiger partial charge in [0, 0.05) is 45.0 Å². The molecular weight excluding hydrogens is 410 g/mol. The number of methoxy groups -OCH3 is 1. The first kappa shape index (κ1) is 24.2. The van der Waals surface area contributed by atoms with Crippen LogP contribution in [0.25, 0.3) is 0 Å². The minimum atomic E-state index is -0.333. The van der Waals surface area contributed by atoms with Crippen molar-refractivity contribution in [3.8, 4) is 5.75 Å². The average molecular weight is 446 g/mol. The van der Waals surface area contributed by atoms with Gasteiger partial charge in [0.25, 0.3) is 5.91 Å². The second-order valence-electron chi connectivity index (χ2n) is 8.03. The van der Waals surface area contributed by atoms with Gasteiger partial charge in [0.15, 0.2) is 5.69 Å². The van der Waals surface area contributed by atoms with Crippen molar-refractivity contribution in [1.82, 2.24) is 19.7 Å². The monoisotopic (exact) mass is 445 g/mol. The number of nitrogens with zero attached hydrogens (tertiary/aromatic N) is 4. The third-order valence-electron chi connectivity index (χ3n) is 5.79. The summed E-state index contributed by atoms with van der Waals surface area (Å²) in [6, 6.07) is 7.12. The predicted octanol–water partition coefficient (Wildman–Crippen LogP) is 1.76. The summed E-state index contributed by atoms with van der Waals surface area (Å²) in [6.45, 7) is 11.6. The van der Waals surface area contributed by atoms with E-state index in [9.17, 15) is 9.90 Å². The number of aliphatic hydroxyl groups is 1. The second kappa shape index (κ2) is 12.0. The van der Waals surface area contributed by atoms with Gasteiger partial charge in [0.1, 0.15) is 12.0 Å². The maximum atomic E-state index is 12.4. The highest BCUT2D eigenvalue weighted by Gasteiger charge is 2.22. The molecule has 32 heavy (non-hydrogen) atoms. The third kappa shape index (κ3) is 7.03. The van der Waals surface area contributed by atoms with E-state index in [-0.39, 0.29) is 17.7 Å². The molecule has 0 spiro atoms. The zero-order chi connectivity index (χ0) is 22.9. The molecular formula is C23H35N5O4. The van der Waals surface area contributed by atoms with E-state index in [4.69, 9.17) is 9.15 Å². The Morgan fingerprint density at radius 3 is 2.47 bits per heavy atom. The fourth-order valence-electron chi connectivity index (χ4n) is 3.81. The molecule has 0 saturated carbocycles. The van der Waals surface area contributed by atoms with Crippen LogP contribution in [0.5, 0.6) is 5.75 Å². The Morgan fingerprint density at radius 2 is 1.84 bits per heavy atom. The summed E-state index contributed by atoms with van der Waals surface area (Å²) in [5, 5.41) is 13.2. The summed E-state index contributed by atoms with van der Waals surface area (Å²) < 4.78 is 10.7. The minimum absolute atomic E-state index is 0.258. The number of hydrogen-bond acceptors (Lipinski definition) is 8. The van der Waals surface area contributed by atoms with Crippen LogP contribution in [0.2, 0.25) is 0 Å². The van der Waals surface area contributed by atoms with Crippen LogP contribution in [0.3, 0.4) is 0 Å².